The van der Waals surface area contributed by atoms with Gasteiger partial charge >= 0.3 is 0 Å². The highest BCUT2D eigenvalue weighted by Crippen LogP contribution is 2.09. The third kappa shape index (κ3) is 3.60. The van der Waals surface area contributed by atoms with Crippen LogP contribution >= 0.6 is 0 Å². The first-order valence-corrected chi connectivity index (χ1v) is 5.02. The SMILES string of the molecule is CCCC(OOC)N1CCNCC1. The molecule has 1 atom stereocenters. The molecule has 0 aromatic carbocycles. The molecule has 1 saturated heterocycles. The van der Waals surface area contributed by atoms with Gasteiger partial charge < -0.3 is 5.32 Å². The maximum atomic E-state index is 5.22. The second-order valence-corrected chi connectivity index (χ2v) is 3.29. The Bertz CT molecular complexity index is 121. The lowest BCUT2D eigenvalue weighted by atomic mass is 10.2. The molecule has 1 heterocycles. The van der Waals surface area contributed by atoms with Gasteiger partial charge in [-0.1, -0.05) is 13.3 Å². The van der Waals surface area contributed by atoms with Gasteiger partial charge in [-0.3, -0.25) is 4.90 Å². The van der Waals surface area contributed by atoms with Gasteiger partial charge in [0.1, 0.15) is 6.23 Å². The molecule has 13 heavy (non-hydrogen) atoms. The van der Waals surface area contributed by atoms with Crippen LogP contribution in [0.3, 0.4) is 0 Å². The average molecular weight is 188 g/mol. The Balaban J connectivity index is 2.32. The maximum Gasteiger partial charge on any atom is 0.146 e. The number of piperazine rings is 1. The zero-order valence-electron chi connectivity index (χ0n) is 8.58. The van der Waals surface area contributed by atoms with E-state index in [0.717, 1.165) is 39.0 Å². The van der Waals surface area contributed by atoms with Gasteiger partial charge in [0.25, 0.3) is 0 Å². The van der Waals surface area contributed by atoms with Crippen LogP contribution in [-0.4, -0.2) is 44.4 Å². The Labute approximate surface area is 80.1 Å². The summed E-state index contributed by atoms with van der Waals surface area (Å²) >= 11 is 0. The van der Waals surface area contributed by atoms with E-state index in [1.807, 2.05) is 0 Å². The highest BCUT2D eigenvalue weighted by Gasteiger charge is 2.20. The quantitative estimate of drug-likeness (QED) is 0.506. The summed E-state index contributed by atoms with van der Waals surface area (Å²) in [5.74, 6) is 0. The predicted molar refractivity (Wildman–Crippen MR) is 51.2 cm³/mol. The first-order valence-electron chi connectivity index (χ1n) is 5.02. The van der Waals surface area contributed by atoms with Crippen molar-refractivity contribution in [2.24, 2.45) is 0 Å². The van der Waals surface area contributed by atoms with Gasteiger partial charge in [0, 0.05) is 26.2 Å². The molecule has 0 saturated carbocycles. The lowest BCUT2D eigenvalue weighted by molar-refractivity contribution is -0.336. The van der Waals surface area contributed by atoms with Gasteiger partial charge in [-0.05, 0) is 6.42 Å². The highest BCUT2D eigenvalue weighted by molar-refractivity contribution is 4.70. The van der Waals surface area contributed by atoms with Crippen LogP contribution in [0.25, 0.3) is 0 Å². The van der Waals surface area contributed by atoms with Gasteiger partial charge in [-0.2, -0.15) is 0 Å². The van der Waals surface area contributed by atoms with Gasteiger partial charge in [0.15, 0.2) is 0 Å². The number of nitrogens with zero attached hydrogens (tertiary/aromatic N) is 1. The summed E-state index contributed by atoms with van der Waals surface area (Å²) in [6.45, 7) is 6.36. The molecule has 4 nitrogen and oxygen atoms in total. The summed E-state index contributed by atoms with van der Waals surface area (Å²) in [5.41, 5.74) is 0. The molecule has 1 N–H and O–H groups in total. The van der Waals surface area contributed by atoms with Gasteiger partial charge in [-0.25, -0.2) is 9.78 Å². The van der Waals surface area contributed by atoms with E-state index < -0.39 is 0 Å². The lowest BCUT2D eigenvalue weighted by Crippen LogP contribution is -2.49. The summed E-state index contributed by atoms with van der Waals surface area (Å²) in [6.07, 6.45) is 2.29. The monoisotopic (exact) mass is 188 g/mol. The van der Waals surface area contributed by atoms with Crippen LogP contribution in [0.2, 0.25) is 0 Å². The van der Waals surface area contributed by atoms with Crippen molar-refractivity contribution in [2.45, 2.75) is 26.0 Å². The molecule has 1 rings (SSSR count). The first kappa shape index (κ1) is 10.9. The summed E-state index contributed by atoms with van der Waals surface area (Å²) in [4.78, 5) is 12.3. The molecule has 0 bridgehead atoms. The van der Waals surface area contributed by atoms with E-state index in [1.54, 1.807) is 7.11 Å². The Hall–Kier alpha value is -0.160. The van der Waals surface area contributed by atoms with Crippen LogP contribution < -0.4 is 5.32 Å². The number of hydrogen-bond donors (Lipinski definition) is 1. The molecule has 0 aromatic heterocycles. The number of hydrogen-bond acceptors (Lipinski definition) is 4. The van der Waals surface area contributed by atoms with Crippen LogP contribution in [-0.2, 0) is 9.78 Å². The van der Waals surface area contributed by atoms with Crippen LogP contribution in [0.4, 0.5) is 0 Å². The molecule has 0 amide bonds. The lowest BCUT2D eigenvalue weighted by Gasteiger charge is -2.33. The summed E-state index contributed by atoms with van der Waals surface area (Å²) in [6, 6.07) is 0. The smallest absolute Gasteiger partial charge is 0.146 e. The zero-order valence-corrected chi connectivity index (χ0v) is 8.58. The van der Waals surface area contributed by atoms with Crippen LogP contribution in [0.15, 0.2) is 0 Å². The van der Waals surface area contributed by atoms with Gasteiger partial charge in [-0.15, -0.1) is 0 Å². The predicted octanol–water partition coefficient (Wildman–Crippen LogP) is 0.596. The Morgan fingerprint density at radius 1 is 1.38 bits per heavy atom. The maximum absolute atomic E-state index is 5.22. The normalized spacial score (nSPS) is 21.7. The van der Waals surface area contributed by atoms with Crippen molar-refractivity contribution in [2.75, 3.05) is 33.3 Å². The van der Waals surface area contributed by atoms with Gasteiger partial charge in [0.05, 0.1) is 7.11 Å². The Morgan fingerprint density at radius 3 is 2.62 bits per heavy atom. The largest absolute Gasteiger partial charge is 0.314 e. The fourth-order valence-corrected chi connectivity index (χ4v) is 1.62. The minimum Gasteiger partial charge on any atom is -0.314 e. The number of rotatable bonds is 5. The molecule has 1 fully saturated rings. The Morgan fingerprint density at radius 2 is 2.08 bits per heavy atom. The zero-order chi connectivity index (χ0) is 9.52. The van der Waals surface area contributed by atoms with Crippen molar-refractivity contribution in [1.82, 2.24) is 10.2 Å². The third-order valence-electron chi connectivity index (χ3n) is 2.30. The second-order valence-electron chi connectivity index (χ2n) is 3.29. The molecule has 1 unspecified atom stereocenters. The topological polar surface area (TPSA) is 33.7 Å². The molecule has 4 heteroatoms. The fraction of sp³-hybridized carbons (Fsp3) is 1.00. The van der Waals surface area contributed by atoms with Crippen LogP contribution in [0.1, 0.15) is 19.8 Å². The van der Waals surface area contributed by atoms with Gasteiger partial charge in [0.2, 0.25) is 0 Å². The minimum atomic E-state index is 0.136. The van der Waals surface area contributed by atoms with Crippen molar-refractivity contribution in [3.8, 4) is 0 Å². The Kier molecular flexibility index (Phi) is 5.31. The van der Waals surface area contributed by atoms with Crippen molar-refractivity contribution in [3.05, 3.63) is 0 Å². The molecule has 1 aliphatic heterocycles. The molecular formula is C9H20N2O2. The van der Waals surface area contributed by atoms with Crippen molar-refractivity contribution >= 4 is 0 Å². The summed E-state index contributed by atoms with van der Waals surface area (Å²) in [5, 5.41) is 3.32. The number of nitrogens with one attached hydrogen (secondary N) is 1. The van der Waals surface area contributed by atoms with Crippen molar-refractivity contribution in [3.63, 3.8) is 0 Å². The molecular weight excluding hydrogens is 168 g/mol. The van der Waals surface area contributed by atoms with Crippen molar-refractivity contribution in [1.29, 1.82) is 0 Å². The van der Waals surface area contributed by atoms with Crippen LogP contribution in [0, 0.1) is 0 Å². The molecule has 1 aliphatic rings. The van der Waals surface area contributed by atoms with E-state index in [-0.39, 0.29) is 6.23 Å². The molecule has 78 valence electrons. The van der Waals surface area contributed by atoms with E-state index in [0.29, 0.717) is 0 Å². The molecule has 0 spiro atoms. The van der Waals surface area contributed by atoms with Crippen molar-refractivity contribution < 1.29 is 9.78 Å². The molecule has 0 aromatic rings. The first-order chi connectivity index (χ1) is 6.38. The third-order valence-corrected chi connectivity index (χ3v) is 2.30. The molecule has 0 aliphatic carbocycles. The standard InChI is InChI=1S/C9H20N2O2/c1-3-4-9(13-12-2)11-7-5-10-6-8-11/h9-10H,3-8H2,1-2H3. The van der Waals surface area contributed by atoms with E-state index in [1.165, 1.54) is 0 Å². The van der Waals surface area contributed by atoms with E-state index in [2.05, 4.69) is 17.1 Å². The fourth-order valence-electron chi connectivity index (χ4n) is 1.62. The van der Waals surface area contributed by atoms with Crippen LogP contribution in [0.5, 0.6) is 0 Å². The van der Waals surface area contributed by atoms with E-state index in [4.69, 9.17) is 9.78 Å². The summed E-state index contributed by atoms with van der Waals surface area (Å²) in [7, 11) is 1.57. The highest BCUT2D eigenvalue weighted by atomic mass is 17.2. The molecule has 0 radical (unpaired) electrons. The summed E-state index contributed by atoms with van der Waals surface area (Å²) < 4.78 is 0. The minimum absolute atomic E-state index is 0.136. The van der Waals surface area contributed by atoms with E-state index in [9.17, 15) is 0 Å². The van der Waals surface area contributed by atoms with E-state index >= 15 is 0 Å². The second kappa shape index (κ2) is 6.32. The average Bonchev–Trinajstić information content (AvgIpc) is 2.19.